The standard InChI is InChI=1S/C8H7F5N2S/c9-16(10,11,12,13)7-1-2-8(15)6(5-7)3-4-14/h1-2,5H,3,15H2. The van der Waals surface area contributed by atoms with Crippen molar-refractivity contribution < 1.29 is 19.4 Å². The van der Waals surface area contributed by atoms with E-state index in [9.17, 15) is 19.4 Å². The van der Waals surface area contributed by atoms with Gasteiger partial charge in [0.2, 0.25) is 0 Å². The number of nitriles is 1. The number of nitrogens with zero attached hydrogens (tertiary/aromatic N) is 1. The zero-order chi connectivity index (χ0) is 12.7. The Morgan fingerprint density at radius 2 is 1.75 bits per heavy atom. The SMILES string of the molecule is N#CCc1cc(S(F)(F)(F)(F)F)ccc1N. The molecule has 0 saturated heterocycles. The van der Waals surface area contributed by atoms with Crippen molar-refractivity contribution in [3.63, 3.8) is 0 Å². The van der Waals surface area contributed by atoms with Crippen molar-refractivity contribution in [1.29, 1.82) is 5.26 Å². The molecule has 0 fully saturated rings. The Bertz CT molecular complexity index is 473. The fourth-order valence-corrected chi connectivity index (χ4v) is 1.75. The van der Waals surface area contributed by atoms with Crippen LogP contribution in [0.15, 0.2) is 23.1 Å². The predicted molar refractivity (Wildman–Crippen MR) is 51.6 cm³/mol. The number of rotatable bonds is 2. The van der Waals surface area contributed by atoms with Gasteiger partial charge in [0.1, 0.15) is 4.90 Å². The van der Waals surface area contributed by atoms with Gasteiger partial charge in [0.15, 0.2) is 0 Å². The van der Waals surface area contributed by atoms with Gasteiger partial charge in [-0.3, -0.25) is 0 Å². The highest BCUT2D eigenvalue weighted by Gasteiger charge is 2.65. The predicted octanol–water partition coefficient (Wildman–Crippen LogP) is 3.99. The smallest absolute Gasteiger partial charge is 0.310 e. The van der Waals surface area contributed by atoms with Crippen LogP contribution in [0.4, 0.5) is 25.1 Å². The molecule has 2 nitrogen and oxygen atoms in total. The second-order valence-corrected chi connectivity index (χ2v) is 5.57. The first-order valence-electron chi connectivity index (χ1n) is 3.93. The first-order valence-corrected chi connectivity index (χ1v) is 5.88. The van der Waals surface area contributed by atoms with Gasteiger partial charge in [-0.1, -0.05) is 19.4 Å². The van der Waals surface area contributed by atoms with Gasteiger partial charge < -0.3 is 5.73 Å². The Hall–Kier alpha value is -1.49. The average molecular weight is 258 g/mol. The molecular weight excluding hydrogens is 251 g/mol. The van der Waals surface area contributed by atoms with Gasteiger partial charge in [-0.25, -0.2) is 0 Å². The number of anilines is 1. The van der Waals surface area contributed by atoms with Crippen LogP contribution in [0.1, 0.15) is 5.56 Å². The summed E-state index contributed by atoms with van der Waals surface area (Å²) in [4.78, 5) is -2.03. The van der Waals surface area contributed by atoms with Crippen LogP contribution in [0.3, 0.4) is 0 Å². The van der Waals surface area contributed by atoms with Crippen LogP contribution in [-0.4, -0.2) is 0 Å². The Morgan fingerprint density at radius 1 is 1.19 bits per heavy atom. The summed E-state index contributed by atoms with van der Waals surface area (Å²) in [5.74, 6) is 0. The van der Waals surface area contributed by atoms with Crippen LogP contribution in [0, 0.1) is 11.3 Å². The highest BCUT2D eigenvalue weighted by molar-refractivity contribution is 8.45. The molecule has 8 heteroatoms. The third-order valence-electron chi connectivity index (χ3n) is 1.83. The van der Waals surface area contributed by atoms with E-state index in [0.717, 1.165) is 6.07 Å². The topological polar surface area (TPSA) is 49.8 Å². The van der Waals surface area contributed by atoms with Crippen molar-refractivity contribution in [1.82, 2.24) is 0 Å². The van der Waals surface area contributed by atoms with Crippen molar-refractivity contribution in [2.45, 2.75) is 11.3 Å². The summed E-state index contributed by atoms with van der Waals surface area (Å²) in [5.41, 5.74) is 4.88. The Kier molecular flexibility index (Phi) is 2.20. The van der Waals surface area contributed by atoms with Gasteiger partial charge in [-0.05, 0) is 23.8 Å². The third-order valence-corrected chi connectivity index (χ3v) is 2.97. The van der Waals surface area contributed by atoms with Crippen LogP contribution < -0.4 is 5.73 Å². The number of halogens is 5. The normalized spacial score (nSPS) is 16.0. The average Bonchev–Trinajstić information content (AvgIpc) is 2.04. The van der Waals surface area contributed by atoms with E-state index >= 15 is 0 Å². The van der Waals surface area contributed by atoms with Crippen LogP contribution in [-0.2, 0) is 6.42 Å². The summed E-state index contributed by atoms with van der Waals surface area (Å²) < 4.78 is 61.9. The van der Waals surface area contributed by atoms with E-state index in [4.69, 9.17) is 11.0 Å². The highest BCUT2D eigenvalue weighted by Crippen LogP contribution is 3.02. The van der Waals surface area contributed by atoms with Crippen molar-refractivity contribution in [2.75, 3.05) is 5.73 Å². The third kappa shape index (κ3) is 2.76. The zero-order valence-corrected chi connectivity index (χ0v) is 8.58. The molecule has 0 bridgehead atoms. The molecule has 0 unspecified atom stereocenters. The molecule has 0 heterocycles. The van der Waals surface area contributed by atoms with Crippen molar-refractivity contribution in [3.8, 4) is 6.07 Å². The summed E-state index contributed by atoms with van der Waals surface area (Å²) in [7, 11) is -9.68. The zero-order valence-electron chi connectivity index (χ0n) is 7.76. The molecule has 0 atom stereocenters. The Labute approximate surface area is 88.2 Å². The van der Waals surface area contributed by atoms with Gasteiger partial charge in [0, 0.05) is 5.69 Å². The summed E-state index contributed by atoms with van der Waals surface area (Å²) in [5, 5.41) is 8.30. The van der Waals surface area contributed by atoms with Crippen LogP contribution in [0.25, 0.3) is 0 Å². The number of nitrogens with two attached hydrogens (primary N) is 1. The molecule has 90 valence electrons. The summed E-state index contributed by atoms with van der Waals surface area (Å²) >= 11 is 0. The van der Waals surface area contributed by atoms with Gasteiger partial charge in [0.25, 0.3) is 0 Å². The number of nitrogen functional groups attached to an aromatic ring is 1. The lowest BCUT2D eigenvalue weighted by atomic mass is 10.1. The van der Waals surface area contributed by atoms with Crippen molar-refractivity contribution in [2.24, 2.45) is 0 Å². The molecule has 0 aromatic heterocycles. The Balaban J connectivity index is 3.42. The molecule has 0 saturated carbocycles. The second kappa shape index (κ2) is 2.79. The van der Waals surface area contributed by atoms with E-state index < -0.39 is 21.5 Å². The minimum Gasteiger partial charge on any atom is -0.398 e. The highest BCUT2D eigenvalue weighted by atomic mass is 32.5. The first-order chi connectivity index (χ1) is 6.94. The van der Waals surface area contributed by atoms with E-state index in [1.54, 1.807) is 6.07 Å². The minimum absolute atomic E-state index is 0.118. The first kappa shape index (κ1) is 12.6. The van der Waals surface area contributed by atoms with Gasteiger partial charge in [-0.15, -0.1) is 0 Å². The summed E-state index contributed by atoms with van der Waals surface area (Å²) in [6.07, 6.45) is -0.451. The maximum Gasteiger partial charge on any atom is 0.310 e. The molecule has 1 aromatic carbocycles. The van der Waals surface area contributed by atoms with E-state index in [2.05, 4.69) is 0 Å². The Morgan fingerprint density at radius 3 is 2.19 bits per heavy atom. The van der Waals surface area contributed by atoms with Crippen LogP contribution in [0.5, 0.6) is 0 Å². The molecule has 2 N–H and O–H groups in total. The minimum atomic E-state index is -9.68. The number of hydrogen-bond donors (Lipinski definition) is 1. The lowest BCUT2D eigenvalue weighted by Crippen LogP contribution is -2.07. The molecular formula is C8H7F5N2S. The fraction of sp³-hybridized carbons (Fsp3) is 0.125. The summed E-state index contributed by atoms with van der Waals surface area (Å²) in [6, 6.07) is 2.71. The molecule has 1 rings (SSSR count). The summed E-state index contributed by atoms with van der Waals surface area (Å²) in [6.45, 7) is 0. The van der Waals surface area contributed by atoms with Crippen molar-refractivity contribution >= 4 is 15.9 Å². The largest absolute Gasteiger partial charge is 0.398 e. The lowest BCUT2D eigenvalue weighted by Gasteiger charge is -2.40. The molecule has 0 amide bonds. The van der Waals surface area contributed by atoms with Crippen LogP contribution in [0.2, 0.25) is 0 Å². The molecule has 16 heavy (non-hydrogen) atoms. The monoisotopic (exact) mass is 258 g/mol. The molecule has 0 radical (unpaired) electrons. The van der Waals surface area contributed by atoms with E-state index in [0.29, 0.717) is 0 Å². The maximum atomic E-state index is 12.4. The number of hydrogen-bond acceptors (Lipinski definition) is 2. The molecule has 0 aliphatic heterocycles. The second-order valence-electron chi connectivity index (χ2n) is 3.16. The van der Waals surface area contributed by atoms with Gasteiger partial charge in [-0.2, -0.15) is 5.26 Å². The molecule has 0 aliphatic carbocycles. The molecule has 0 aliphatic rings. The van der Waals surface area contributed by atoms with E-state index in [-0.39, 0.29) is 23.4 Å². The lowest BCUT2D eigenvalue weighted by molar-refractivity contribution is 0.364. The van der Waals surface area contributed by atoms with Crippen molar-refractivity contribution in [3.05, 3.63) is 23.8 Å². The fourth-order valence-electron chi connectivity index (χ4n) is 1.06. The quantitative estimate of drug-likeness (QED) is 0.644. The van der Waals surface area contributed by atoms with E-state index in [1.165, 1.54) is 0 Å². The van der Waals surface area contributed by atoms with Crippen LogP contribution >= 0.6 is 10.2 Å². The van der Waals surface area contributed by atoms with E-state index in [1.807, 2.05) is 0 Å². The molecule has 0 spiro atoms. The molecule has 1 aromatic rings. The van der Waals surface area contributed by atoms with Gasteiger partial charge >= 0.3 is 10.2 Å². The number of benzene rings is 1. The van der Waals surface area contributed by atoms with Gasteiger partial charge in [0.05, 0.1) is 12.5 Å². The maximum absolute atomic E-state index is 12.4.